The second kappa shape index (κ2) is 12.4. The molecule has 6 nitrogen and oxygen atoms in total. The third-order valence-corrected chi connectivity index (χ3v) is 8.53. The van der Waals surface area contributed by atoms with Crippen LogP contribution in [0.15, 0.2) is 52.2 Å². The number of hydrogen-bond acceptors (Lipinski definition) is 4. The molecule has 0 radical (unpaired) electrons. The van der Waals surface area contributed by atoms with Crippen molar-refractivity contribution in [2.75, 3.05) is 25.1 Å². The molecule has 0 saturated heterocycles. The van der Waals surface area contributed by atoms with E-state index < -0.39 is 17.0 Å². The molecule has 0 heterocycles. The van der Waals surface area contributed by atoms with Gasteiger partial charge in [0.1, 0.15) is 16.7 Å². The molecule has 1 aromatic rings. The molecule has 1 N–H and O–H groups in total. The SMILES string of the molecule is CCOC1=CC(C)=C(C2CCC=C(S(=O)N(C)c3ccc(OC)cc3C(C)CCC(=O)O)C2)CC1. The fourth-order valence-corrected chi connectivity index (χ4v) is 6.40. The number of allylic oxidation sites excluding steroid dienone is 6. The van der Waals surface area contributed by atoms with Crippen molar-refractivity contribution in [2.24, 2.45) is 5.92 Å². The van der Waals surface area contributed by atoms with Crippen LogP contribution in [0.3, 0.4) is 0 Å². The van der Waals surface area contributed by atoms with Crippen LogP contribution in [0.4, 0.5) is 5.69 Å². The number of benzene rings is 1. The van der Waals surface area contributed by atoms with Gasteiger partial charge in [0.15, 0.2) is 0 Å². The normalized spacial score (nSPS) is 20.0. The van der Waals surface area contributed by atoms with Gasteiger partial charge in [-0.05, 0) is 93.2 Å². The summed E-state index contributed by atoms with van der Waals surface area (Å²) in [6.07, 6.45) is 9.63. The van der Waals surface area contributed by atoms with E-state index in [-0.39, 0.29) is 12.3 Å². The molecule has 0 spiro atoms. The summed E-state index contributed by atoms with van der Waals surface area (Å²) in [4.78, 5) is 12.1. The Morgan fingerprint density at radius 1 is 1.31 bits per heavy atom. The van der Waals surface area contributed by atoms with Gasteiger partial charge in [-0.25, -0.2) is 4.21 Å². The van der Waals surface area contributed by atoms with Crippen LogP contribution in [0.1, 0.15) is 77.2 Å². The second-order valence-corrected chi connectivity index (χ2v) is 11.0. The summed E-state index contributed by atoms with van der Waals surface area (Å²) in [5.41, 5.74) is 4.55. The molecule has 0 aromatic heterocycles. The first-order valence-corrected chi connectivity index (χ1v) is 13.6. The monoisotopic (exact) mass is 501 g/mol. The highest BCUT2D eigenvalue weighted by molar-refractivity contribution is 7.90. The molecule has 0 amide bonds. The molecule has 2 aliphatic carbocycles. The summed E-state index contributed by atoms with van der Waals surface area (Å²) in [5.74, 6) is 1.35. The first kappa shape index (κ1) is 27.1. The number of rotatable bonds is 11. The predicted octanol–water partition coefficient (Wildman–Crippen LogP) is 6.48. The molecule has 0 fully saturated rings. The first-order valence-electron chi connectivity index (χ1n) is 12.5. The summed E-state index contributed by atoms with van der Waals surface area (Å²) in [5, 5.41) is 9.13. The molecule has 0 saturated carbocycles. The summed E-state index contributed by atoms with van der Waals surface area (Å²) >= 11 is 0. The Labute approximate surface area is 212 Å². The molecule has 3 atom stereocenters. The van der Waals surface area contributed by atoms with Gasteiger partial charge in [-0.15, -0.1) is 0 Å². The predicted molar refractivity (Wildman–Crippen MR) is 142 cm³/mol. The Balaban J connectivity index is 1.80. The molecule has 35 heavy (non-hydrogen) atoms. The van der Waals surface area contributed by atoms with Crippen molar-refractivity contribution in [1.29, 1.82) is 0 Å². The maximum atomic E-state index is 13.7. The minimum atomic E-state index is -1.32. The van der Waals surface area contributed by atoms with E-state index in [4.69, 9.17) is 14.6 Å². The highest BCUT2D eigenvalue weighted by Gasteiger charge is 2.28. The Hall–Kier alpha value is -2.54. The molecular formula is C28H39NO5S. The van der Waals surface area contributed by atoms with Crippen molar-refractivity contribution in [2.45, 2.75) is 71.6 Å². The fraction of sp³-hybridized carbons (Fsp3) is 0.536. The lowest BCUT2D eigenvalue weighted by Crippen LogP contribution is -2.26. The Morgan fingerprint density at radius 3 is 2.74 bits per heavy atom. The average molecular weight is 502 g/mol. The minimum absolute atomic E-state index is 0.00917. The number of ether oxygens (including phenoxy) is 2. The van der Waals surface area contributed by atoms with Gasteiger partial charge in [0.2, 0.25) is 0 Å². The van der Waals surface area contributed by atoms with Crippen LogP contribution in [0.5, 0.6) is 5.75 Å². The molecule has 3 rings (SSSR count). The summed E-state index contributed by atoms with van der Waals surface area (Å²) in [7, 11) is 2.15. The number of carboxylic acid groups (broad SMARTS) is 1. The molecule has 1 aromatic carbocycles. The Bertz CT molecular complexity index is 1040. The molecule has 7 heteroatoms. The lowest BCUT2D eigenvalue weighted by atomic mass is 9.80. The Kier molecular flexibility index (Phi) is 9.61. The fourth-order valence-electron chi connectivity index (χ4n) is 5.10. The summed E-state index contributed by atoms with van der Waals surface area (Å²) in [6, 6.07) is 5.73. The van der Waals surface area contributed by atoms with Crippen LogP contribution in [0, 0.1) is 5.92 Å². The average Bonchev–Trinajstić information content (AvgIpc) is 2.86. The zero-order valence-corrected chi connectivity index (χ0v) is 22.5. The van der Waals surface area contributed by atoms with Crippen LogP contribution < -0.4 is 9.04 Å². The van der Waals surface area contributed by atoms with Crippen LogP contribution in [0.2, 0.25) is 0 Å². The highest BCUT2D eigenvalue weighted by atomic mass is 32.2. The first-order chi connectivity index (χ1) is 16.7. The van der Waals surface area contributed by atoms with Crippen LogP contribution in [-0.4, -0.2) is 36.0 Å². The molecule has 0 bridgehead atoms. The standard InChI is InChI=1S/C28H39NO5S/c1-6-34-23-11-13-25(20(3)16-23)21-8-7-9-24(17-21)35(32)29(4)27-14-12-22(33-5)18-26(27)19(2)10-15-28(30)31/h9,12,14,16,18-19,21H,6-8,10-11,13,15,17H2,1-5H3,(H,30,31). The van der Waals surface area contributed by atoms with E-state index in [0.29, 0.717) is 24.7 Å². The highest BCUT2D eigenvalue weighted by Crippen LogP contribution is 2.40. The topological polar surface area (TPSA) is 76.1 Å². The van der Waals surface area contributed by atoms with Gasteiger partial charge in [-0.1, -0.05) is 18.6 Å². The van der Waals surface area contributed by atoms with Gasteiger partial charge in [-0.2, -0.15) is 0 Å². The van der Waals surface area contributed by atoms with Gasteiger partial charge in [-0.3, -0.25) is 9.10 Å². The maximum absolute atomic E-state index is 13.7. The number of nitrogens with zero attached hydrogens (tertiary/aromatic N) is 1. The van der Waals surface area contributed by atoms with Gasteiger partial charge >= 0.3 is 5.97 Å². The van der Waals surface area contributed by atoms with Crippen molar-refractivity contribution in [3.8, 4) is 5.75 Å². The van der Waals surface area contributed by atoms with E-state index in [9.17, 15) is 9.00 Å². The van der Waals surface area contributed by atoms with Crippen molar-refractivity contribution >= 4 is 22.6 Å². The van der Waals surface area contributed by atoms with Crippen LogP contribution >= 0.6 is 0 Å². The number of carboxylic acids is 1. The van der Waals surface area contributed by atoms with Gasteiger partial charge in [0.25, 0.3) is 0 Å². The lowest BCUT2D eigenvalue weighted by Gasteiger charge is -2.31. The van der Waals surface area contributed by atoms with Gasteiger partial charge in [0.05, 0.1) is 25.2 Å². The molecule has 0 aliphatic heterocycles. The smallest absolute Gasteiger partial charge is 0.303 e. The van der Waals surface area contributed by atoms with E-state index in [1.807, 2.05) is 43.4 Å². The molecule has 192 valence electrons. The zero-order valence-electron chi connectivity index (χ0n) is 21.6. The van der Waals surface area contributed by atoms with Crippen LogP contribution in [-0.2, 0) is 20.5 Å². The molecular weight excluding hydrogens is 462 g/mol. The zero-order chi connectivity index (χ0) is 25.5. The third-order valence-electron chi connectivity index (χ3n) is 7.05. The maximum Gasteiger partial charge on any atom is 0.303 e. The number of anilines is 1. The number of carbonyl (C=O) groups is 1. The van der Waals surface area contributed by atoms with E-state index in [1.165, 1.54) is 11.1 Å². The third kappa shape index (κ3) is 6.78. The minimum Gasteiger partial charge on any atom is -0.498 e. The van der Waals surface area contributed by atoms with Crippen molar-refractivity contribution < 1.29 is 23.6 Å². The quantitative estimate of drug-likeness (QED) is 0.376. The summed E-state index contributed by atoms with van der Waals surface area (Å²) < 4.78 is 26.7. The van der Waals surface area contributed by atoms with E-state index in [1.54, 1.807) is 7.11 Å². The number of methoxy groups -OCH3 is 1. The van der Waals surface area contributed by atoms with Gasteiger partial charge < -0.3 is 14.6 Å². The molecule has 3 unspecified atom stereocenters. The van der Waals surface area contributed by atoms with Crippen LogP contribution in [0.25, 0.3) is 0 Å². The van der Waals surface area contributed by atoms with Gasteiger partial charge in [0, 0.05) is 24.8 Å². The van der Waals surface area contributed by atoms with E-state index in [0.717, 1.165) is 54.0 Å². The van der Waals surface area contributed by atoms with Crippen molar-refractivity contribution in [1.82, 2.24) is 0 Å². The Morgan fingerprint density at radius 2 is 2.09 bits per heavy atom. The largest absolute Gasteiger partial charge is 0.498 e. The number of hydrogen-bond donors (Lipinski definition) is 1. The lowest BCUT2D eigenvalue weighted by molar-refractivity contribution is -0.137. The molecule has 2 aliphatic rings. The number of aliphatic carboxylic acids is 1. The summed E-state index contributed by atoms with van der Waals surface area (Å²) in [6.45, 7) is 6.88. The van der Waals surface area contributed by atoms with E-state index in [2.05, 4.69) is 19.1 Å². The van der Waals surface area contributed by atoms with Crippen molar-refractivity contribution in [3.05, 3.63) is 57.7 Å². The van der Waals surface area contributed by atoms with E-state index >= 15 is 0 Å². The second-order valence-electron chi connectivity index (χ2n) is 9.41. The van der Waals surface area contributed by atoms with Crippen molar-refractivity contribution in [3.63, 3.8) is 0 Å².